The maximum Gasteiger partial charge on any atom is 0.133 e. The van der Waals surface area contributed by atoms with Gasteiger partial charge in [0.1, 0.15) is 6.29 Å². The molecule has 64 valence electrons. The number of aliphatic hydroxyl groups is 1. The van der Waals surface area contributed by atoms with E-state index in [9.17, 15) is 4.79 Å². The summed E-state index contributed by atoms with van der Waals surface area (Å²) in [5, 5.41) is 8.65. The molecule has 0 bridgehead atoms. The number of carbonyl (C=O) groups excluding carboxylic acids is 1. The van der Waals surface area contributed by atoms with Gasteiger partial charge in [-0.15, -0.1) is 0 Å². The number of aldehydes is 1. The van der Waals surface area contributed by atoms with Crippen LogP contribution in [0.4, 0.5) is 0 Å². The molecule has 1 aliphatic rings. The fourth-order valence-corrected chi connectivity index (χ4v) is 1.60. The Morgan fingerprint density at radius 1 is 1.64 bits per heavy atom. The first-order valence-electron chi connectivity index (χ1n) is 4.13. The molecular weight excluding hydrogens is 142 g/mol. The van der Waals surface area contributed by atoms with E-state index in [0.29, 0.717) is 12.5 Å². The Morgan fingerprint density at radius 2 is 2.45 bits per heavy atom. The van der Waals surface area contributed by atoms with Crippen molar-refractivity contribution in [3.8, 4) is 0 Å². The van der Waals surface area contributed by atoms with Gasteiger partial charge in [-0.1, -0.05) is 0 Å². The zero-order valence-corrected chi connectivity index (χ0v) is 6.70. The zero-order valence-electron chi connectivity index (χ0n) is 6.70. The van der Waals surface area contributed by atoms with Crippen molar-refractivity contribution in [3.63, 3.8) is 0 Å². The topological polar surface area (TPSA) is 40.5 Å². The quantitative estimate of drug-likeness (QED) is 0.579. The average molecular weight is 157 g/mol. The highest BCUT2D eigenvalue weighted by Gasteiger charge is 2.20. The summed E-state index contributed by atoms with van der Waals surface area (Å²) in [6, 6.07) is 0. The number of rotatable bonds is 4. The Labute approximate surface area is 67.0 Å². The summed E-state index contributed by atoms with van der Waals surface area (Å²) in [7, 11) is 0. The van der Waals surface area contributed by atoms with Crippen LogP contribution in [0.1, 0.15) is 12.8 Å². The van der Waals surface area contributed by atoms with Gasteiger partial charge in [0.05, 0.1) is 6.54 Å². The predicted molar refractivity (Wildman–Crippen MR) is 42.3 cm³/mol. The molecule has 0 aromatic carbocycles. The van der Waals surface area contributed by atoms with E-state index in [1.54, 1.807) is 0 Å². The lowest BCUT2D eigenvalue weighted by atomic mass is 10.1. The van der Waals surface area contributed by atoms with Crippen LogP contribution >= 0.6 is 0 Å². The van der Waals surface area contributed by atoms with E-state index in [2.05, 4.69) is 4.90 Å². The van der Waals surface area contributed by atoms with Gasteiger partial charge in [-0.3, -0.25) is 4.90 Å². The van der Waals surface area contributed by atoms with Crippen LogP contribution < -0.4 is 0 Å². The van der Waals surface area contributed by atoms with Crippen molar-refractivity contribution in [1.82, 2.24) is 4.90 Å². The maximum absolute atomic E-state index is 10.1. The van der Waals surface area contributed by atoms with Crippen molar-refractivity contribution < 1.29 is 9.90 Å². The van der Waals surface area contributed by atoms with Crippen LogP contribution in [-0.4, -0.2) is 42.5 Å². The molecule has 1 atom stereocenters. The number of nitrogens with zero attached hydrogens (tertiary/aromatic N) is 1. The van der Waals surface area contributed by atoms with E-state index in [4.69, 9.17) is 5.11 Å². The van der Waals surface area contributed by atoms with Crippen LogP contribution in [0.3, 0.4) is 0 Å². The Bertz CT molecular complexity index is 127. The van der Waals surface area contributed by atoms with Gasteiger partial charge in [-0.25, -0.2) is 0 Å². The van der Waals surface area contributed by atoms with Crippen LogP contribution in [0, 0.1) is 5.92 Å². The van der Waals surface area contributed by atoms with Crippen molar-refractivity contribution in [1.29, 1.82) is 0 Å². The Balaban J connectivity index is 2.17. The molecule has 1 unspecified atom stereocenters. The summed E-state index contributed by atoms with van der Waals surface area (Å²) < 4.78 is 0. The summed E-state index contributed by atoms with van der Waals surface area (Å²) in [5.74, 6) is 0.611. The van der Waals surface area contributed by atoms with Crippen molar-refractivity contribution in [3.05, 3.63) is 0 Å². The largest absolute Gasteiger partial charge is 0.396 e. The summed E-state index contributed by atoms with van der Waals surface area (Å²) in [6.07, 6.45) is 2.96. The maximum atomic E-state index is 10.1. The fraction of sp³-hybridized carbons (Fsp3) is 0.875. The number of hydrogen-bond acceptors (Lipinski definition) is 3. The number of likely N-dealkylation sites (tertiary alicyclic amines) is 1. The van der Waals surface area contributed by atoms with Gasteiger partial charge in [0.25, 0.3) is 0 Å². The van der Waals surface area contributed by atoms with Gasteiger partial charge in [-0.05, 0) is 25.3 Å². The molecule has 1 aliphatic heterocycles. The van der Waals surface area contributed by atoms with Gasteiger partial charge in [0, 0.05) is 13.2 Å². The minimum absolute atomic E-state index is 0.277. The average Bonchev–Trinajstić information content (AvgIpc) is 2.38. The van der Waals surface area contributed by atoms with Crippen molar-refractivity contribution in [2.75, 3.05) is 26.2 Å². The van der Waals surface area contributed by atoms with E-state index in [1.807, 2.05) is 0 Å². The molecule has 0 amide bonds. The highest BCUT2D eigenvalue weighted by molar-refractivity contribution is 5.52. The van der Waals surface area contributed by atoms with E-state index in [-0.39, 0.29) is 6.61 Å². The fourth-order valence-electron chi connectivity index (χ4n) is 1.60. The second-order valence-corrected chi connectivity index (χ2v) is 3.09. The van der Waals surface area contributed by atoms with E-state index < -0.39 is 0 Å². The molecule has 3 heteroatoms. The third-order valence-electron chi connectivity index (χ3n) is 2.24. The van der Waals surface area contributed by atoms with Crippen LogP contribution in [-0.2, 0) is 4.79 Å². The van der Waals surface area contributed by atoms with Crippen molar-refractivity contribution in [2.24, 2.45) is 5.92 Å². The van der Waals surface area contributed by atoms with Crippen LogP contribution in [0.2, 0.25) is 0 Å². The standard InChI is InChI=1S/C8H15NO2/c10-5-2-8-1-3-9(7-8)4-6-11/h6,8,10H,1-5,7H2. The number of carbonyl (C=O) groups is 1. The molecule has 1 saturated heterocycles. The van der Waals surface area contributed by atoms with Gasteiger partial charge in [0.2, 0.25) is 0 Å². The number of aliphatic hydroxyl groups excluding tert-OH is 1. The predicted octanol–water partition coefficient (Wildman–Crippen LogP) is -0.110. The third-order valence-corrected chi connectivity index (χ3v) is 2.24. The lowest BCUT2D eigenvalue weighted by molar-refractivity contribution is -0.108. The first-order valence-corrected chi connectivity index (χ1v) is 4.13. The normalized spacial score (nSPS) is 25.7. The molecular formula is C8H15NO2. The SMILES string of the molecule is O=CCN1CCC(CCO)C1. The van der Waals surface area contributed by atoms with Gasteiger partial charge in [-0.2, -0.15) is 0 Å². The molecule has 0 spiro atoms. The molecule has 0 aromatic rings. The third kappa shape index (κ3) is 2.60. The smallest absolute Gasteiger partial charge is 0.133 e. The monoisotopic (exact) mass is 157 g/mol. The molecule has 1 N–H and O–H groups in total. The number of hydrogen-bond donors (Lipinski definition) is 1. The molecule has 0 saturated carbocycles. The molecule has 0 aromatic heterocycles. The molecule has 1 rings (SSSR count). The van der Waals surface area contributed by atoms with Gasteiger partial charge >= 0.3 is 0 Å². The first kappa shape index (κ1) is 8.68. The van der Waals surface area contributed by atoms with Crippen molar-refractivity contribution >= 4 is 6.29 Å². The zero-order chi connectivity index (χ0) is 8.10. The molecule has 1 heterocycles. The van der Waals surface area contributed by atoms with Gasteiger partial charge < -0.3 is 9.90 Å². The molecule has 1 fully saturated rings. The summed E-state index contributed by atoms with van der Waals surface area (Å²) in [4.78, 5) is 12.3. The first-order chi connectivity index (χ1) is 5.36. The van der Waals surface area contributed by atoms with Crippen LogP contribution in [0.15, 0.2) is 0 Å². The lowest BCUT2D eigenvalue weighted by Crippen LogP contribution is -2.22. The van der Waals surface area contributed by atoms with E-state index in [0.717, 1.165) is 32.2 Å². The van der Waals surface area contributed by atoms with Crippen LogP contribution in [0.25, 0.3) is 0 Å². The Kier molecular flexibility index (Phi) is 3.52. The van der Waals surface area contributed by atoms with Crippen molar-refractivity contribution in [2.45, 2.75) is 12.8 Å². The Morgan fingerprint density at radius 3 is 3.09 bits per heavy atom. The second-order valence-electron chi connectivity index (χ2n) is 3.09. The van der Waals surface area contributed by atoms with Crippen LogP contribution in [0.5, 0.6) is 0 Å². The molecule has 0 aliphatic carbocycles. The second kappa shape index (κ2) is 4.46. The summed E-state index contributed by atoms with van der Waals surface area (Å²) in [6.45, 7) is 2.84. The molecule has 11 heavy (non-hydrogen) atoms. The van der Waals surface area contributed by atoms with E-state index >= 15 is 0 Å². The van der Waals surface area contributed by atoms with Gasteiger partial charge in [0.15, 0.2) is 0 Å². The Hall–Kier alpha value is -0.410. The highest BCUT2D eigenvalue weighted by atomic mass is 16.3. The molecule has 3 nitrogen and oxygen atoms in total. The minimum atomic E-state index is 0.277. The highest BCUT2D eigenvalue weighted by Crippen LogP contribution is 2.17. The van der Waals surface area contributed by atoms with E-state index in [1.165, 1.54) is 0 Å². The summed E-state index contributed by atoms with van der Waals surface area (Å²) in [5.41, 5.74) is 0. The summed E-state index contributed by atoms with van der Waals surface area (Å²) >= 11 is 0. The molecule has 0 radical (unpaired) electrons. The minimum Gasteiger partial charge on any atom is -0.396 e. The lowest BCUT2D eigenvalue weighted by Gasteiger charge is -2.10.